The summed E-state index contributed by atoms with van der Waals surface area (Å²) in [5, 5.41) is 5.22. The van der Waals surface area contributed by atoms with Crippen molar-refractivity contribution in [3.63, 3.8) is 0 Å². The third-order valence-electron chi connectivity index (χ3n) is 8.84. The lowest BCUT2D eigenvalue weighted by atomic mass is 9.78. The number of para-hydroxylation sites is 1. The fourth-order valence-corrected chi connectivity index (χ4v) is 7.11. The van der Waals surface area contributed by atoms with Crippen LogP contribution in [0.5, 0.6) is 0 Å². The zero-order valence-electron chi connectivity index (χ0n) is 22.5. The van der Waals surface area contributed by atoms with E-state index in [4.69, 9.17) is 0 Å². The van der Waals surface area contributed by atoms with E-state index in [2.05, 4.69) is 147 Å². The average molecular weight is 500 g/mol. The standard InChI is InChI=1S/C38H29N/c1-24-18-21-26(22-19-24)39-33-17-7-5-12-31(33)36-34(39)23-20-25-10-8-13-28(35(25)36)30-15-9-14-29-27-11-4-6-16-32(27)38(2,3)37(29)30/h4-23H,1-3H3. The minimum absolute atomic E-state index is 0.0749. The smallest absolute Gasteiger partial charge is 0.0547 e. The molecule has 0 unspecified atom stereocenters. The molecule has 39 heavy (non-hydrogen) atoms. The van der Waals surface area contributed by atoms with Gasteiger partial charge in [0.2, 0.25) is 0 Å². The molecular weight excluding hydrogens is 470 g/mol. The van der Waals surface area contributed by atoms with Crippen molar-refractivity contribution in [2.45, 2.75) is 26.2 Å². The summed E-state index contributed by atoms with van der Waals surface area (Å²) in [6.07, 6.45) is 0. The first-order chi connectivity index (χ1) is 19.0. The van der Waals surface area contributed by atoms with Crippen molar-refractivity contribution in [2.75, 3.05) is 0 Å². The maximum Gasteiger partial charge on any atom is 0.0547 e. The lowest BCUT2D eigenvalue weighted by molar-refractivity contribution is 0.662. The second-order valence-electron chi connectivity index (χ2n) is 11.5. The predicted molar refractivity (Wildman–Crippen MR) is 166 cm³/mol. The molecule has 0 aliphatic heterocycles. The molecular formula is C38H29N. The quantitative estimate of drug-likeness (QED) is 0.223. The van der Waals surface area contributed by atoms with Gasteiger partial charge in [-0.2, -0.15) is 0 Å². The number of rotatable bonds is 2. The number of aryl methyl sites for hydroxylation is 1. The molecule has 8 rings (SSSR count). The molecule has 1 heteroatoms. The molecule has 0 spiro atoms. The highest BCUT2D eigenvalue weighted by molar-refractivity contribution is 6.25. The van der Waals surface area contributed by atoms with Crippen molar-refractivity contribution >= 4 is 32.6 Å². The van der Waals surface area contributed by atoms with Gasteiger partial charge in [0.15, 0.2) is 0 Å². The van der Waals surface area contributed by atoms with Crippen molar-refractivity contribution in [3.8, 4) is 27.9 Å². The first kappa shape index (κ1) is 22.4. The zero-order valence-corrected chi connectivity index (χ0v) is 22.5. The van der Waals surface area contributed by atoms with Crippen LogP contribution < -0.4 is 0 Å². The molecule has 1 aliphatic carbocycles. The van der Waals surface area contributed by atoms with Gasteiger partial charge in [-0.05, 0) is 75.3 Å². The van der Waals surface area contributed by atoms with Gasteiger partial charge in [-0.3, -0.25) is 0 Å². The molecule has 0 N–H and O–H groups in total. The predicted octanol–water partition coefficient (Wildman–Crippen LogP) is 10.2. The third-order valence-corrected chi connectivity index (χ3v) is 8.84. The molecule has 0 saturated heterocycles. The summed E-state index contributed by atoms with van der Waals surface area (Å²) in [7, 11) is 0. The van der Waals surface area contributed by atoms with Gasteiger partial charge in [-0.1, -0.05) is 116 Å². The Morgan fingerprint density at radius 3 is 2.03 bits per heavy atom. The van der Waals surface area contributed by atoms with E-state index < -0.39 is 0 Å². The first-order valence-electron chi connectivity index (χ1n) is 13.8. The molecule has 186 valence electrons. The fourth-order valence-electron chi connectivity index (χ4n) is 7.11. The minimum atomic E-state index is -0.0749. The van der Waals surface area contributed by atoms with Crippen LogP contribution in [-0.4, -0.2) is 4.57 Å². The van der Waals surface area contributed by atoms with Gasteiger partial charge in [0.1, 0.15) is 0 Å². The second kappa shape index (κ2) is 7.94. The summed E-state index contributed by atoms with van der Waals surface area (Å²) in [5.74, 6) is 0. The largest absolute Gasteiger partial charge is 0.309 e. The molecule has 0 fully saturated rings. The van der Waals surface area contributed by atoms with Gasteiger partial charge in [0.05, 0.1) is 11.0 Å². The number of benzene rings is 6. The Kier molecular flexibility index (Phi) is 4.56. The molecule has 1 aromatic heterocycles. The fraction of sp³-hybridized carbons (Fsp3) is 0.105. The summed E-state index contributed by atoms with van der Waals surface area (Å²) in [6.45, 7) is 6.91. The number of fused-ring (bicyclic) bond motifs is 8. The highest BCUT2D eigenvalue weighted by atomic mass is 15.0. The Labute approximate surface area is 229 Å². The Morgan fingerprint density at radius 1 is 0.513 bits per heavy atom. The van der Waals surface area contributed by atoms with Gasteiger partial charge in [0, 0.05) is 21.9 Å². The number of nitrogens with zero attached hydrogens (tertiary/aromatic N) is 1. The molecule has 1 aliphatic rings. The van der Waals surface area contributed by atoms with Crippen LogP contribution in [0.25, 0.3) is 60.5 Å². The van der Waals surface area contributed by atoms with E-state index >= 15 is 0 Å². The van der Waals surface area contributed by atoms with Gasteiger partial charge in [0.25, 0.3) is 0 Å². The Hall–Kier alpha value is -4.62. The van der Waals surface area contributed by atoms with Crippen LogP contribution in [0.2, 0.25) is 0 Å². The summed E-state index contributed by atoms with van der Waals surface area (Å²) in [4.78, 5) is 0. The van der Waals surface area contributed by atoms with E-state index in [1.165, 1.54) is 77.2 Å². The van der Waals surface area contributed by atoms with Crippen LogP contribution in [0, 0.1) is 6.92 Å². The van der Waals surface area contributed by atoms with E-state index in [1.54, 1.807) is 0 Å². The van der Waals surface area contributed by atoms with E-state index in [0.717, 1.165) is 0 Å². The lowest BCUT2D eigenvalue weighted by Crippen LogP contribution is -2.16. The average Bonchev–Trinajstić information content (AvgIpc) is 3.43. The van der Waals surface area contributed by atoms with Gasteiger partial charge >= 0.3 is 0 Å². The molecule has 1 nitrogen and oxygen atoms in total. The molecule has 0 saturated carbocycles. The van der Waals surface area contributed by atoms with Gasteiger partial charge in [-0.25, -0.2) is 0 Å². The Bertz CT molecular complexity index is 2090. The number of hydrogen-bond acceptors (Lipinski definition) is 0. The summed E-state index contributed by atoms with van der Waals surface area (Å²) < 4.78 is 2.43. The normalized spacial score (nSPS) is 13.7. The minimum Gasteiger partial charge on any atom is -0.309 e. The molecule has 0 radical (unpaired) electrons. The highest BCUT2D eigenvalue weighted by Gasteiger charge is 2.37. The van der Waals surface area contributed by atoms with E-state index in [9.17, 15) is 0 Å². The van der Waals surface area contributed by atoms with Crippen LogP contribution >= 0.6 is 0 Å². The van der Waals surface area contributed by atoms with Crippen LogP contribution in [0.4, 0.5) is 0 Å². The number of aromatic nitrogens is 1. The summed E-state index contributed by atoms with van der Waals surface area (Å²) >= 11 is 0. The van der Waals surface area contributed by atoms with Crippen molar-refractivity contribution < 1.29 is 0 Å². The van der Waals surface area contributed by atoms with Crippen LogP contribution in [-0.2, 0) is 5.41 Å². The van der Waals surface area contributed by atoms with E-state index in [-0.39, 0.29) is 5.41 Å². The Morgan fingerprint density at radius 2 is 1.18 bits per heavy atom. The summed E-state index contributed by atoms with van der Waals surface area (Å²) in [6, 6.07) is 44.9. The van der Waals surface area contributed by atoms with Crippen molar-refractivity contribution in [1.29, 1.82) is 0 Å². The molecule has 0 atom stereocenters. The third kappa shape index (κ3) is 3.02. The number of hydrogen-bond donors (Lipinski definition) is 0. The van der Waals surface area contributed by atoms with Crippen LogP contribution in [0.3, 0.4) is 0 Å². The van der Waals surface area contributed by atoms with Crippen LogP contribution in [0.15, 0.2) is 121 Å². The second-order valence-corrected chi connectivity index (χ2v) is 11.5. The van der Waals surface area contributed by atoms with Crippen molar-refractivity contribution in [1.82, 2.24) is 4.57 Å². The van der Waals surface area contributed by atoms with Gasteiger partial charge < -0.3 is 4.57 Å². The van der Waals surface area contributed by atoms with Crippen LogP contribution in [0.1, 0.15) is 30.5 Å². The van der Waals surface area contributed by atoms with Crippen molar-refractivity contribution in [3.05, 3.63) is 138 Å². The highest BCUT2D eigenvalue weighted by Crippen LogP contribution is 2.53. The monoisotopic (exact) mass is 499 g/mol. The molecule has 0 amide bonds. The molecule has 7 aromatic rings. The SMILES string of the molecule is Cc1ccc(-n2c3ccccc3c3c4c(-c5cccc6c5C(C)(C)c5ccccc5-6)cccc4ccc32)cc1. The Balaban J connectivity index is 1.51. The molecule has 6 aromatic carbocycles. The lowest BCUT2D eigenvalue weighted by Gasteiger charge is -2.25. The van der Waals surface area contributed by atoms with Gasteiger partial charge in [-0.15, -0.1) is 0 Å². The first-order valence-corrected chi connectivity index (χ1v) is 13.8. The molecule has 0 bridgehead atoms. The van der Waals surface area contributed by atoms with Crippen molar-refractivity contribution in [2.24, 2.45) is 0 Å². The summed E-state index contributed by atoms with van der Waals surface area (Å²) in [5.41, 5.74) is 13.1. The zero-order chi connectivity index (χ0) is 26.3. The topological polar surface area (TPSA) is 4.93 Å². The maximum atomic E-state index is 2.43. The van der Waals surface area contributed by atoms with E-state index in [0.29, 0.717) is 0 Å². The maximum absolute atomic E-state index is 2.43. The van der Waals surface area contributed by atoms with E-state index in [1.807, 2.05) is 0 Å². The molecule has 1 heterocycles.